The van der Waals surface area contributed by atoms with Gasteiger partial charge in [-0.25, -0.2) is 9.07 Å². The van der Waals surface area contributed by atoms with Crippen LogP contribution in [-0.2, 0) is 11.3 Å². The van der Waals surface area contributed by atoms with Gasteiger partial charge in [0.05, 0.1) is 17.8 Å². The average molecular weight is 353 g/mol. The van der Waals surface area contributed by atoms with Crippen molar-refractivity contribution in [2.24, 2.45) is 5.73 Å². The molecule has 2 aromatic rings. The zero-order valence-electron chi connectivity index (χ0n) is 13.5. The van der Waals surface area contributed by atoms with Crippen molar-refractivity contribution >= 4 is 23.3 Å². The number of nitrogens with zero attached hydrogens (tertiary/aromatic N) is 2. The van der Waals surface area contributed by atoms with E-state index in [1.807, 2.05) is 0 Å². The Balaban J connectivity index is 1.87. The molecule has 1 heterocycles. The van der Waals surface area contributed by atoms with Crippen LogP contribution < -0.4 is 11.1 Å². The maximum atomic E-state index is 13.5. The lowest BCUT2D eigenvalue weighted by atomic mass is 10.1. The van der Waals surface area contributed by atoms with E-state index in [9.17, 15) is 9.18 Å². The maximum Gasteiger partial charge on any atom is 0.225 e. The van der Waals surface area contributed by atoms with E-state index in [2.05, 4.69) is 10.4 Å². The molecule has 0 unspecified atom stereocenters. The predicted octanol–water partition coefficient (Wildman–Crippen LogP) is 3.57. The molecule has 0 radical (unpaired) electrons. The van der Waals surface area contributed by atoms with Crippen LogP contribution in [0.15, 0.2) is 30.5 Å². The molecule has 130 valence electrons. The fourth-order valence-electron chi connectivity index (χ4n) is 2.36. The van der Waals surface area contributed by atoms with Crippen molar-refractivity contribution in [2.45, 2.75) is 38.6 Å². The highest BCUT2D eigenvalue weighted by molar-refractivity contribution is 6.30. The van der Waals surface area contributed by atoms with Gasteiger partial charge in [-0.05, 0) is 37.1 Å². The van der Waals surface area contributed by atoms with Crippen molar-refractivity contribution < 1.29 is 9.18 Å². The number of nitrogens with one attached hydrogen (secondary N) is 1. The number of benzene rings is 1. The van der Waals surface area contributed by atoms with E-state index < -0.39 is 5.82 Å². The van der Waals surface area contributed by atoms with Gasteiger partial charge < -0.3 is 11.1 Å². The molecule has 1 aromatic heterocycles. The molecule has 0 aliphatic heterocycles. The first kappa shape index (κ1) is 18.4. The van der Waals surface area contributed by atoms with Crippen LogP contribution in [0.3, 0.4) is 0 Å². The van der Waals surface area contributed by atoms with Crippen LogP contribution >= 0.6 is 11.6 Å². The zero-order chi connectivity index (χ0) is 17.4. The standard InChI is InChI=1S/C17H22ClFN4O/c18-14-7-6-13(11-15(14)19)12-23-16(8-10-21-23)22-17(24)5-3-1-2-4-9-20/h6-8,10-11H,1-5,9,12,20H2,(H,22,24). The van der Waals surface area contributed by atoms with Gasteiger partial charge in [-0.1, -0.05) is 30.5 Å². The third-order valence-electron chi connectivity index (χ3n) is 3.66. The number of halogens is 2. The topological polar surface area (TPSA) is 72.9 Å². The highest BCUT2D eigenvalue weighted by atomic mass is 35.5. The molecule has 0 bridgehead atoms. The van der Waals surface area contributed by atoms with Crippen LogP contribution in [-0.4, -0.2) is 22.2 Å². The van der Waals surface area contributed by atoms with Gasteiger partial charge in [0.15, 0.2) is 0 Å². The Hall–Kier alpha value is -1.92. The molecule has 0 spiro atoms. The van der Waals surface area contributed by atoms with E-state index in [1.165, 1.54) is 12.1 Å². The molecule has 1 amide bonds. The number of amides is 1. The van der Waals surface area contributed by atoms with Crippen LogP contribution in [0, 0.1) is 5.82 Å². The van der Waals surface area contributed by atoms with E-state index in [0.717, 1.165) is 31.2 Å². The molecule has 1 aromatic carbocycles. The molecule has 2 rings (SSSR count). The number of carbonyl (C=O) groups excluding carboxylic acids is 1. The zero-order valence-corrected chi connectivity index (χ0v) is 14.2. The fraction of sp³-hybridized carbons (Fsp3) is 0.412. The van der Waals surface area contributed by atoms with Gasteiger partial charge in [-0.3, -0.25) is 4.79 Å². The van der Waals surface area contributed by atoms with Gasteiger partial charge in [0.2, 0.25) is 5.91 Å². The Morgan fingerprint density at radius 1 is 1.25 bits per heavy atom. The Kier molecular flexibility index (Phi) is 7.21. The summed E-state index contributed by atoms with van der Waals surface area (Å²) in [6.07, 6.45) is 5.93. The highest BCUT2D eigenvalue weighted by Crippen LogP contribution is 2.17. The number of aromatic nitrogens is 2. The van der Waals surface area contributed by atoms with E-state index in [-0.39, 0.29) is 10.9 Å². The number of rotatable bonds is 9. The molecule has 0 aliphatic carbocycles. The number of unbranched alkanes of at least 4 members (excludes halogenated alkanes) is 3. The molecule has 0 saturated heterocycles. The first-order valence-electron chi connectivity index (χ1n) is 8.06. The van der Waals surface area contributed by atoms with Gasteiger partial charge >= 0.3 is 0 Å². The Labute approximate surface area is 146 Å². The van der Waals surface area contributed by atoms with E-state index in [1.54, 1.807) is 23.0 Å². The minimum atomic E-state index is -0.468. The van der Waals surface area contributed by atoms with E-state index >= 15 is 0 Å². The third-order valence-corrected chi connectivity index (χ3v) is 3.96. The molecule has 0 fully saturated rings. The smallest absolute Gasteiger partial charge is 0.225 e. The van der Waals surface area contributed by atoms with Crippen molar-refractivity contribution in [3.8, 4) is 0 Å². The number of anilines is 1. The summed E-state index contributed by atoms with van der Waals surface area (Å²) >= 11 is 5.68. The van der Waals surface area contributed by atoms with Crippen molar-refractivity contribution in [3.63, 3.8) is 0 Å². The Morgan fingerprint density at radius 2 is 2.04 bits per heavy atom. The molecule has 5 nitrogen and oxygen atoms in total. The largest absolute Gasteiger partial charge is 0.330 e. The molecule has 0 atom stereocenters. The SMILES string of the molecule is NCCCCCCC(=O)Nc1ccnn1Cc1ccc(Cl)c(F)c1. The lowest BCUT2D eigenvalue weighted by Crippen LogP contribution is -2.15. The summed E-state index contributed by atoms with van der Waals surface area (Å²) in [4.78, 5) is 12.0. The van der Waals surface area contributed by atoms with Gasteiger partial charge in [0.1, 0.15) is 11.6 Å². The Morgan fingerprint density at radius 3 is 2.79 bits per heavy atom. The molecule has 0 aliphatic rings. The molecule has 0 saturated carbocycles. The van der Waals surface area contributed by atoms with Gasteiger partial charge in [-0.15, -0.1) is 0 Å². The summed E-state index contributed by atoms with van der Waals surface area (Å²) < 4.78 is 15.1. The normalized spacial score (nSPS) is 10.8. The van der Waals surface area contributed by atoms with Crippen molar-refractivity contribution in [1.82, 2.24) is 9.78 Å². The number of hydrogen-bond donors (Lipinski definition) is 2. The molecule has 7 heteroatoms. The third kappa shape index (κ3) is 5.62. The summed E-state index contributed by atoms with van der Waals surface area (Å²) in [7, 11) is 0. The first-order chi connectivity index (χ1) is 11.6. The number of hydrogen-bond acceptors (Lipinski definition) is 3. The number of carbonyl (C=O) groups is 1. The number of nitrogens with two attached hydrogens (primary N) is 1. The second kappa shape index (κ2) is 9.39. The molecule has 3 N–H and O–H groups in total. The Bertz CT molecular complexity index is 674. The van der Waals surface area contributed by atoms with Gasteiger partial charge in [0, 0.05) is 12.5 Å². The molecular weight excluding hydrogens is 331 g/mol. The lowest BCUT2D eigenvalue weighted by molar-refractivity contribution is -0.116. The highest BCUT2D eigenvalue weighted by Gasteiger charge is 2.09. The van der Waals surface area contributed by atoms with Crippen LogP contribution in [0.25, 0.3) is 0 Å². The minimum Gasteiger partial charge on any atom is -0.330 e. The first-order valence-corrected chi connectivity index (χ1v) is 8.43. The predicted molar refractivity (Wildman–Crippen MR) is 93.5 cm³/mol. The summed E-state index contributed by atoms with van der Waals surface area (Å²) in [5, 5.41) is 7.10. The second-order valence-electron chi connectivity index (χ2n) is 5.62. The van der Waals surface area contributed by atoms with Gasteiger partial charge in [-0.2, -0.15) is 5.10 Å². The van der Waals surface area contributed by atoms with Crippen LogP contribution in [0.5, 0.6) is 0 Å². The van der Waals surface area contributed by atoms with E-state index in [4.69, 9.17) is 17.3 Å². The average Bonchev–Trinajstić information content (AvgIpc) is 2.97. The maximum absolute atomic E-state index is 13.5. The van der Waals surface area contributed by atoms with Crippen LogP contribution in [0.2, 0.25) is 5.02 Å². The van der Waals surface area contributed by atoms with Crippen LogP contribution in [0.4, 0.5) is 10.2 Å². The lowest BCUT2D eigenvalue weighted by Gasteiger charge is -2.09. The quantitative estimate of drug-likeness (QED) is 0.677. The van der Waals surface area contributed by atoms with Crippen molar-refractivity contribution in [3.05, 3.63) is 46.9 Å². The molecular formula is C17H22ClFN4O. The van der Waals surface area contributed by atoms with E-state index in [0.29, 0.717) is 25.3 Å². The minimum absolute atomic E-state index is 0.0493. The van der Waals surface area contributed by atoms with Gasteiger partial charge in [0.25, 0.3) is 0 Å². The van der Waals surface area contributed by atoms with Crippen LogP contribution in [0.1, 0.15) is 37.7 Å². The summed E-state index contributed by atoms with van der Waals surface area (Å²) in [5.74, 6) is 0.0773. The molecule has 24 heavy (non-hydrogen) atoms. The second-order valence-corrected chi connectivity index (χ2v) is 6.03. The monoisotopic (exact) mass is 352 g/mol. The summed E-state index contributed by atoms with van der Waals surface area (Å²) in [6.45, 7) is 1.05. The fourth-order valence-corrected chi connectivity index (χ4v) is 2.48. The van der Waals surface area contributed by atoms with Crippen molar-refractivity contribution in [1.29, 1.82) is 0 Å². The summed E-state index contributed by atoms with van der Waals surface area (Å²) in [6, 6.07) is 6.33. The van der Waals surface area contributed by atoms with Crippen molar-refractivity contribution in [2.75, 3.05) is 11.9 Å². The summed E-state index contributed by atoms with van der Waals surface area (Å²) in [5.41, 5.74) is 6.16.